The number of ether oxygens (including phenoxy) is 1. The molecule has 0 saturated carbocycles. The predicted octanol–water partition coefficient (Wildman–Crippen LogP) is 3.69. The Bertz CT molecular complexity index is 1030. The molecule has 0 unspecified atom stereocenters. The van der Waals surface area contributed by atoms with Gasteiger partial charge in [-0.25, -0.2) is 8.42 Å². The Hall–Kier alpha value is -2.51. The fraction of sp³-hybridized carbons (Fsp3) is 0.118. The van der Waals surface area contributed by atoms with Crippen LogP contribution in [0.2, 0.25) is 5.02 Å². The molecule has 0 radical (unpaired) electrons. The number of aromatic nitrogens is 2. The van der Waals surface area contributed by atoms with Crippen LogP contribution in [0.4, 0.5) is 5.69 Å². The molecule has 3 rings (SSSR count). The van der Waals surface area contributed by atoms with Gasteiger partial charge in [-0.2, -0.15) is 5.10 Å². The molecule has 8 heteroatoms. The Morgan fingerprint density at radius 3 is 2.64 bits per heavy atom. The molecule has 3 aromatic rings. The summed E-state index contributed by atoms with van der Waals surface area (Å²) in [6.45, 7) is 4.21. The van der Waals surface area contributed by atoms with Gasteiger partial charge < -0.3 is 4.74 Å². The standard InChI is InChI=1S/C17H16ClN3O3S/c1-3-10-21-11-14-15(19-21)8-9-16(17(14)18)20-25(22,23)13-6-4-12(24-2)5-7-13/h3-9,11,20H,1,10H2,2H3. The minimum absolute atomic E-state index is 0.117. The van der Waals surface area contributed by atoms with Gasteiger partial charge in [0.05, 0.1) is 34.8 Å². The molecule has 1 heterocycles. The van der Waals surface area contributed by atoms with Crippen molar-refractivity contribution in [1.82, 2.24) is 9.78 Å². The SMILES string of the molecule is C=CCn1cc2c(Cl)c(NS(=O)(=O)c3ccc(OC)cc3)ccc2n1. The largest absolute Gasteiger partial charge is 0.497 e. The van der Waals surface area contributed by atoms with E-state index in [4.69, 9.17) is 16.3 Å². The van der Waals surface area contributed by atoms with E-state index in [0.717, 1.165) is 0 Å². The average molecular weight is 378 g/mol. The van der Waals surface area contributed by atoms with E-state index >= 15 is 0 Å². The molecule has 0 amide bonds. The summed E-state index contributed by atoms with van der Waals surface area (Å²) in [4.78, 5) is 0.117. The number of rotatable bonds is 6. The minimum Gasteiger partial charge on any atom is -0.497 e. The number of halogens is 1. The van der Waals surface area contributed by atoms with Crippen molar-refractivity contribution in [3.63, 3.8) is 0 Å². The summed E-state index contributed by atoms with van der Waals surface area (Å²) in [6.07, 6.45) is 3.47. The van der Waals surface area contributed by atoms with Crippen molar-refractivity contribution in [2.24, 2.45) is 0 Å². The van der Waals surface area contributed by atoms with Crippen LogP contribution in [0.15, 0.2) is 60.1 Å². The first-order valence-corrected chi connectivity index (χ1v) is 9.24. The van der Waals surface area contributed by atoms with Gasteiger partial charge in [0.2, 0.25) is 0 Å². The molecular formula is C17H16ClN3O3S. The van der Waals surface area contributed by atoms with Gasteiger partial charge in [-0.15, -0.1) is 6.58 Å². The van der Waals surface area contributed by atoms with Gasteiger partial charge in [0.15, 0.2) is 0 Å². The highest BCUT2D eigenvalue weighted by Crippen LogP contribution is 2.32. The maximum Gasteiger partial charge on any atom is 0.261 e. The first-order valence-electron chi connectivity index (χ1n) is 7.38. The first-order chi connectivity index (χ1) is 11.9. The Kier molecular flexibility index (Phi) is 4.69. The first kappa shape index (κ1) is 17.3. The van der Waals surface area contributed by atoms with Crippen LogP contribution in [0.5, 0.6) is 5.75 Å². The van der Waals surface area contributed by atoms with Gasteiger partial charge in [-0.3, -0.25) is 9.40 Å². The van der Waals surface area contributed by atoms with Crippen molar-refractivity contribution in [2.75, 3.05) is 11.8 Å². The van der Waals surface area contributed by atoms with Gasteiger partial charge in [-0.05, 0) is 36.4 Å². The van der Waals surface area contributed by atoms with E-state index in [1.807, 2.05) is 0 Å². The molecule has 0 aliphatic heterocycles. The number of fused-ring (bicyclic) bond motifs is 1. The van der Waals surface area contributed by atoms with Gasteiger partial charge in [0.25, 0.3) is 10.0 Å². The lowest BCUT2D eigenvalue weighted by Gasteiger charge is -2.10. The minimum atomic E-state index is -3.77. The van der Waals surface area contributed by atoms with E-state index in [2.05, 4.69) is 16.4 Å². The highest BCUT2D eigenvalue weighted by atomic mass is 35.5. The lowest BCUT2D eigenvalue weighted by molar-refractivity contribution is 0.414. The van der Waals surface area contributed by atoms with Crippen LogP contribution < -0.4 is 9.46 Å². The van der Waals surface area contributed by atoms with E-state index in [-0.39, 0.29) is 4.90 Å². The second kappa shape index (κ2) is 6.78. The van der Waals surface area contributed by atoms with Gasteiger partial charge in [0.1, 0.15) is 5.75 Å². The molecular weight excluding hydrogens is 362 g/mol. The van der Waals surface area contributed by atoms with Crippen LogP contribution in [-0.2, 0) is 16.6 Å². The van der Waals surface area contributed by atoms with E-state index in [1.165, 1.54) is 19.2 Å². The highest BCUT2D eigenvalue weighted by Gasteiger charge is 2.17. The van der Waals surface area contributed by atoms with Crippen molar-refractivity contribution in [3.8, 4) is 5.75 Å². The van der Waals surface area contributed by atoms with Crippen molar-refractivity contribution in [3.05, 3.63) is 60.3 Å². The molecule has 6 nitrogen and oxygen atoms in total. The highest BCUT2D eigenvalue weighted by molar-refractivity contribution is 7.92. The maximum atomic E-state index is 12.6. The van der Waals surface area contributed by atoms with Crippen molar-refractivity contribution in [1.29, 1.82) is 0 Å². The molecule has 0 aliphatic rings. The molecule has 1 N–H and O–H groups in total. The molecule has 130 valence electrons. The molecule has 0 saturated heterocycles. The summed E-state index contributed by atoms with van der Waals surface area (Å²) in [5.41, 5.74) is 0.974. The van der Waals surface area contributed by atoms with Crippen LogP contribution in [-0.4, -0.2) is 25.3 Å². The summed E-state index contributed by atoms with van der Waals surface area (Å²) in [6, 6.07) is 9.41. The van der Waals surface area contributed by atoms with Gasteiger partial charge in [0, 0.05) is 11.6 Å². The van der Waals surface area contributed by atoms with Gasteiger partial charge in [-0.1, -0.05) is 17.7 Å². The van der Waals surface area contributed by atoms with Crippen LogP contribution in [0.25, 0.3) is 10.9 Å². The van der Waals surface area contributed by atoms with Crippen molar-refractivity contribution < 1.29 is 13.2 Å². The number of allylic oxidation sites excluding steroid dienone is 1. The monoisotopic (exact) mass is 377 g/mol. The van der Waals surface area contributed by atoms with Crippen molar-refractivity contribution >= 4 is 38.2 Å². The lowest BCUT2D eigenvalue weighted by Crippen LogP contribution is -2.13. The zero-order chi connectivity index (χ0) is 18.0. The van der Waals surface area contributed by atoms with E-state index < -0.39 is 10.0 Å². The fourth-order valence-electron chi connectivity index (χ4n) is 2.37. The smallest absolute Gasteiger partial charge is 0.261 e. The number of hydrogen-bond donors (Lipinski definition) is 1. The third-order valence-electron chi connectivity index (χ3n) is 3.60. The number of hydrogen-bond acceptors (Lipinski definition) is 4. The molecule has 0 fully saturated rings. The van der Waals surface area contributed by atoms with Crippen LogP contribution in [0.1, 0.15) is 0 Å². The number of nitrogens with one attached hydrogen (secondary N) is 1. The Balaban J connectivity index is 1.95. The zero-order valence-electron chi connectivity index (χ0n) is 13.4. The van der Waals surface area contributed by atoms with Gasteiger partial charge >= 0.3 is 0 Å². The van der Waals surface area contributed by atoms with Crippen LogP contribution in [0.3, 0.4) is 0 Å². The summed E-state index contributed by atoms with van der Waals surface area (Å²) in [5, 5.41) is 5.31. The summed E-state index contributed by atoms with van der Waals surface area (Å²) in [7, 11) is -2.25. The molecule has 1 aromatic heterocycles. The Morgan fingerprint density at radius 2 is 2.00 bits per heavy atom. The van der Waals surface area contributed by atoms with Crippen LogP contribution in [0, 0.1) is 0 Å². The average Bonchev–Trinajstić information content (AvgIpc) is 3.01. The Labute approximate surface area is 150 Å². The third-order valence-corrected chi connectivity index (χ3v) is 5.39. The Morgan fingerprint density at radius 1 is 1.28 bits per heavy atom. The van der Waals surface area contributed by atoms with E-state index in [1.54, 1.807) is 41.2 Å². The maximum absolute atomic E-state index is 12.6. The topological polar surface area (TPSA) is 73.2 Å². The summed E-state index contributed by atoms with van der Waals surface area (Å²) >= 11 is 6.37. The van der Waals surface area contributed by atoms with E-state index in [0.29, 0.717) is 33.9 Å². The summed E-state index contributed by atoms with van der Waals surface area (Å²) in [5.74, 6) is 0.577. The van der Waals surface area contributed by atoms with E-state index in [9.17, 15) is 8.42 Å². The molecule has 0 aliphatic carbocycles. The normalized spacial score (nSPS) is 11.4. The predicted molar refractivity (Wildman–Crippen MR) is 98.7 cm³/mol. The lowest BCUT2D eigenvalue weighted by atomic mass is 10.2. The molecule has 2 aromatic carbocycles. The number of benzene rings is 2. The molecule has 25 heavy (non-hydrogen) atoms. The zero-order valence-corrected chi connectivity index (χ0v) is 15.0. The second-order valence-electron chi connectivity index (χ2n) is 5.28. The summed E-state index contributed by atoms with van der Waals surface area (Å²) < 4.78 is 34.3. The second-order valence-corrected chi connectivity index (χ2v) is 7.34. The number of methoxy groups -OCH3 is 1. The molecule has 0 spiro atoms. The van der Waals surface area contributed by atoms with Crippen molar-refractivity contribution in [2.45, 2.75) is 11.4 Å². The quantitative estimate of drug-likeness (QED) is 0.665. The molecule has 0 bridgehead atoms. The number of nitrogens with zero attached hydrogens (tertiary/aromatic N) is 2. The fourth-order valence-corrected chi connectivity index (χ4v) is 3.76. The number of sulfonamides is 1. The number of anilines is 1. The van der Waals surface area contributed by atoms with Crippen LogP contribution >= 0.6 is 11.6 Å². The molecule has 0 atom stereocenters. The third kappa shape index (κ3) is 3.47.